The van der Waals surface area contributed by atoms with E-state index in [-0.39, 0.29) is 41.6 Å². The molecule has 4 aromatic rings. The summed E-state index contributed by atoms with van der Waals surface area (Å²) in [6.45, 7) is 4.79. The first kappa shape index (κ1) is 30.7. The van der Waals surface area contributed by atoms with Crippen LogP contribution in [0, 0.1) is 5.82 Å². The predicted molar refractivity (Wildman–Crippen MR) is 170 cm³/mol. The van der Waals surface area contributed by atoms with Crippen molar-refractivity contribution in [1.29, 1.82) is 0 Å². The number of hydrogen-bond donors (Lipinski definition) is 2. The van der Waals surface area contributed by atoms with Crippen molar-refractivity contribution >= 4 is 38.2 Å². The molecule has 11 nitrogen and oxygen atoms in total. The van der Waals surface area contributed by atoms with Gasteiger partial charge in [0.25, 0.3) is 0 Å². The Morgan fingerprint density at radius 2 is 1.89 bits per heavy atom. The Bertz CT molecular complexity index is 1890. The fraction of sp³-hybridized carbons (Fsp3) is 0.375. The molecule has 45 heavy (non-hydrogen) atoms. The Balaban J connectivity index is 1.39. The van der Waals surface area contributed by atoms with Crippen LogP contribution in [0.3, 0.4) is 0 Å². The maximum Gasteiger partial charge on any atom is 0.238 e. The number of fused-ring (bicyclic) bond motifs is 4. The largest absolute Gasteiger partial charge is 0.481 e. The van der Waals surface area contributed by atoms with Gasteiger partial charge < -0.3 is 19.7 Å². The molecule has 0 saturated heterocycles. The summed E-state index contributed by atoms with van der Waals surface area (Å²) in [5.74, 6) is 0.142. The van der Waals surface area contributed by atoms with E-state index in [9.17, 15) is 13.2 Å². The Labute approximate surface area is 261 Å². The van der Waals surface area contributed by atoms with Gasteiger partial charge in [0.2, 0.25) is 27.7 Å². The average molecular weight is 635 g/mol. The zero-order chi connectivity index (χ0) is 32.1. The molecule has 1 fully saturated rings. The Morgan fingerprint density at radius 3 is 2.56 bits per heavy atom. The Morgan fingerprint density at radius 1 is 1.11 bits per heavy atom. The molecular formula is C32H35FN6O5S. The van der Waals surface area contributed by atoms with Crippen molar-refractivity contribution in [2.45, 2.75) is 44.1 Å². The number of aromatic nitrogens is 3. The van der Waals surface area contributed by atoms with Gasteiger partial charge in [0.15, 0.2) is 0 Å². The molecule has 0 bridgehead atoms. The average Bonchev–Trinajstić information content (AvgIpc) is 3.20. The van der Waals surface area contributed by atoms with Crippen LogP contribution >= 0.6 is 0 Å². The molecule has 4 heterocycles. The molecule has 0 atom stereocenters. The molecule has 1 spiro atoms. The smallest absolute Gasteiger partial charge is 0.238 e. The topological polar surface area (TPSA) is 136 Å². The second-order valence-electron chi connectivity index (χ2n) is 12.0. The molecule has 2 N–H and O–H groups in total. The van der Waals surface area contributed by atoms with Crippen molar-refractivity contribution in [3.63, 3.8) is 0 Å². The maximum absolute atomic E-state index is 15.7. The fourth-order valence-electron chi connectivity index (χ4n) is 6.35. The van der Waals surface area contributed by atoms with Crippen molar-refractivity contribution in [2.75, 3.05) is 43.2 Å². The predicted octanol–water partition coefficient (Wildman–Crippen LogP) is 4.38. The van der Waals surface area contributed by atoms with Crippen LogP contribution < -0.4 is 24.4 Å². The maximum atomic E-state index is 15.7. The number of hydrogen-bond acceptors (Lipinski definition) is 9. The van der Waals surface area contributed by atoms with Crippen molar-refractivity contribution in [2.24, 2.45) is 0 Å². The number of pyridine rings is 3. The number of amides is 1. The number of carbonyl (C=O) groups excluding carboxylic acids is 1. The first-order chi connectivity index (χ1) is 21.4. The van der Waals surface area contributed by atoms with Gasteiger partial charge in [-0.15, -0.1) is 0 Å². The lowest BCUT2D eigenvalue weighted by Gasteiger charge is -2.44. The van der Waals surface area contributed by atoms with Gasteiger partial charge in [0.1, 0.15) is 18.1 Å². The number of carbonyl (C=O) groups is 1. The molecule has 1 aliphatic carbocycles. The normalized spacial score (nSPS) is 19.2. The van der Waals surface area contributed by atoms with Gasteiger partial charge in [-0.2, -0.15) is 0 Å². The van der Waals surface area contributed by atoms with Crippen LogP contribution in [0.25, 0.3) is 22.0 Å². The third-order valence-electron chi connectivity index (χ3n) is 8.47. The minimum absolute atomic E-state index is 0.0230. The Hall–Kier alpha value is -4.36. The molecule has 1 amide bonds. The lowest BCUT2D eigenvalue weighted by atomic mass is 9.57. The van der Waals surface area contributed by atoms with Crippen LogP contribution in [0.2, 0.25) is 0 Å². The number of nitrogens with one attached hydrogen (secondary N) is 2. The summed E-state index contributed by atoms with van der Waals surface area (Å²) in [4.78, 5) is 28.6. The second kappa shape index (κ2) is 11.5. The number of methoxy groups -OCH3 is 1. The van der Waals surface area contributed by atoms with Gasteiger partial charge in [-0.25, -0.2) is 22.8 Å². The monoisotopic (exact) mass is 634 g/mol. The lowest BCUT2D eigenvalue weighted by molar-refractivity contribution is -0.126. The summed E-state index contributed by atoms with van der Waals surface area (Å²) in [5, 5.41) is 3.88. The molecule has 13 heteroatoms. The van der Waals surface area contributed by atoms with Crippen LogP contribution in [-0.4, -0.2) is 68.9 Å². The number of nitrogens with zero attached hydrogens (tertiary/aromatic N) is 4. The molecular weight excluding hydrogens is 599 g/mol. The number of benzene rings is 1. The number of anilines is 2. The minimum atomic E-state index is -3.69. The van der Waals surface area contributed by atoms with Gasteiger partial charge in [-0.3, -0.25) is 14.5 Å². The highest BCUT2D eigenvalue weighted by Gasteiger charge is 2.58. The van der Waals surface area contributed by atoms with Crippen molar-refractivity contribution in [1.82, 2.24) is 20.3 Å². The summed E-state index contributed by atoms with van der Waals surface area (Å²) in [7, 11) is -0.396. The van der Waals surface area contributed by atoms with Crippen molar-refractivity contribution in [3.05, 3.63) is 65.9 Å². The minimum Gasteiger partial charge on any atom is -0.481 e. The van der Waals surface area contributed by atoms with Gasteiger partial charge >= 0.3 is 0 Å². The van der Waals surface area contributed by atoms with Crippen LogP contribution in [0.1, 0.15) is 43.7 Å². The lowest BCUT2D eigenvalue weighted by Crippen LogP contribution is -2.47. The first-order valence-electron chi connectivity index (χ1n) is 14.7. The van der Waals surface area contributed by atoms with Gasteiger partial charge in [-0.1, -0.05) is 19.9 Å². The van der Waals surface area contributed by atoms with E-state index in [1.54, 1.807) is 37.5 Å². The fourth-order valence-corrected chi connectivity index (χ4v) is 6.90. The molecule has 1 aromatic carbocycles. The number of sulfonamides is 1. The second-order valence-corrected chi connectivity index (χ2v) is 13.7. The standard InChI is InChI=1S/C32H35FN6O5S/c1-18(2)34-8-9-44-30-26(38-45(5,41)42)10-20(16-37-30)22-11-23-25(12-24(22)33)35-17-27-29(23)32(31(40)39(27)3)13-21(14-32)19-6-7-28(43-4)36-15-19/h6-7,10-12,15-18,21,34,38H,8-9,13-14H2,1-5H3. The van der Waals surface area contributed by atoms with Gasteiger partial charge in [0.05, 0.1) is 36.2 Å². The van der Waals surface area contributed by atoms with Crippen LogP contribution in [0.4, 0.5) is 15.8 Å². The third-order valence-corrected chi connectivity index (χ3v) is 9.06. The third kappa shape index (κ3) is 5.66. The molecule has 1 saturated carbocycles. The molecule has 6 rings (SSSR count). The van der Waals surface area contributed by atoms with Crippen LogP contribution in [0.15, 0.2) is 48.9 Å². The van der Waals surface area contributed by atoms with Gasteiger partial charge in [0, 0.05) is 66.2 Å². The molecule has 3 aromatic heterocycles. The van der Waals surface area contributed by atoms with E-state index >= 15 is 4.39 Å². The van der Waals surface area contributed by atoms with E-state index in [0.717, 1.165) is 17.4 Å². The van der Waals surface area contributed by atoms with Crippen LogP contribution in [0.5, 0.6) is 11.8 Å². The zero-order valence-electron chi connectivity index (χ0n) is 25.7. The highest BCUT2D eigenvalue weighted by molar-refractivity contribution is 7.92. The summed E-state index contributed by atoms with van der Waals surface area (Å²) in [5.41, 5.74) is 2.80. The van der Waals surface area contributed by atoms with E-state index in [4.69, 9.17) is 9.47 Å². The highest BCUT2D eigenvalue weighted by Crippen LogP contribution is 2.60. The quantitative estimate of drug-likeness (QED) is 0.244. The van der Waals surface area contributed by atoms with Gasteiger partial charge in [-0.05, 0) is 36.5 Å². The van der Waals surface area contributed by atoms with E-state index in [1.165, 1.54) is 18.3 Å². The zero-order valence-corrected chi connectivity index (χ0v) is 26.5. The number of likely N-dealkylation sites (N-methyl/N-ethyl adjacent to an activating group) is 1. The summed E-state index contributed by atoms with van der Waals surface area (Å²) in [6.07, 6.45) is 7.03. The van der Waals surface area contributed by atoms with E-state index < -0.39 is 21.3 Å². The van der Waals surface area contributed by atoms with E-state index in [2.05, 4.69) is 25.0 Å². The molecule has 236 valence electrons. The SMILES string of the molecule is COc1ccc(C2CC3(C2)C(=O)N(C)c2cnc4cc(F)c(-c5cnc(OCCNC(C)C)c(NS(C)(=O)=O)c5)cc4c23)cn1. The highest BCUT2D eigenvalue weighted by atomic mass is 32.2. The van der Waals surface area contributed by atoms with E-state index in [0.29, 0.717) is 47.4 Å². The van der Waals surface area contributed by atoms with E-state index in [1.807, 2.05) is 26.0 Å². The molecule has 0 unspecified atom stereocenters. The number of ether oxygens (including phenoxy) is 2. The molecule has 0 radical (unpaired) electrons. The first-order valence-corrected chi connectivity index (χ1v) is 16.5. The van der Waals surface area contributed by atoms with Crippen LogP contribution in [-0.2, 0) is 20.2 Å². The summed E-state index contributed by atoms with van der Waals surface area (Å²) >= 11 is 0. The summed E-state index contributed by atoms with van der Waals surface area (Å²) < 4.78 is 53.5. The Kier molecular flexibility index (Phi) is 7.86. The number of halogens is 1. The number of rotatable bonds is 10. The van der Waals surface area contributed by atoms with Crippen molar-refractivity contribution in [3.8, 4) is 22.9 Å². The molecule has 2 aliphatic rings. The molecule has 1 aliphatic heterocycles. The van der Waals surface area contributed by atoms with Crippen molar-refractivity contribution < 1.29 is 27.1 Å². The summed E-state index contributed by atoms with van der Waals surface area (Å²) in [6, 6.07) is 8.56.